The van der Waals surface area contributed by atoms with E-state index in [1.165, 1.54) is 0 Å². The van der Waals surface area contributed by atoms with Crippen LogP contribution in [0.25, 0.3) is 16.6 Å². The zero-order valence-electron chi connectivity index (χ0n) is 23.7. The highest BCUT2D eigenvalue weighted by Gasteiger charge is 2.15. The molecule has 0 fully saturated rings. The van der Waals surface area contributed by atoms with Gasteiger partial charge in [0.1, 0.15) is 34.9 Å². The molecular weight excluding hydrogens is 546 g/mol. The van der Waals surface area contributed by atoms with Gasteiger partial charge in [-0.3, -0.25) is 19.4 Å². The second-order valence-electron chi connectivity index (χ2n) is 9.47. The molecule has 5 rings (SSSR count). The van der Waals surface area contributed by atoms with Gasteiger partial charge in [-0.25, -0.2) is 20.4 Å². The molecule has 0 aliphatic rings. The summed E-state index contributed by atoms with van der Waals surface area (Å²) in [6.07, 6.45) is 1.58. The van der Waals surface area contributed by atoms with Crippen molar-refractivity contribution in [2.24, 2.45) is 0 Å². The molecule has 1 amide bonds. The van der Waals surface area contributed by atoms with Crippen molar-refractivity contribution in [3.05, 3.63) is 111 Å². The Morgan fingerprint density at radius 2 is 1.65 bits per heavy atom. The number of hydroxylamine groups is 1. The Labute approximate surface area is 247 Å². The van der Waals surface area contributed by atoms with Crippen LogP contribution in [0.1, 0.15) is 46.5 Å². The molecule has 0 bridgehead atoms. The average molecular weight is 578 g/mol. The molecule has 12 heteroatoms. The van der Waals surface area contributed by atoms with Gasteiger partial charge in [-0.05, 0) is 55.3 Å². The second-order valence-corrected chi connectivity index (χ2v) is 9.47. The first-order chi connectivity index (χ1) is 20.8. The number of amides is 1. The monoisotopic (exact) mass is 577 g/mol. The minimum Gasteiger partial charge on any atom is -0.382 e. The van der Waals surface area contributed by atoms with Crippen LogP contribution in [0, 0.1) is 18.3 Å². The normalized spacial score (nSPS) is 10.4. The van der Waals surface area contributed by atoms with Gasteiger partial charge in [0.2, 0.25) is 0 Å². The van der Waals surface area contributed by atoms with Gasteiger partial charge >= 0.3 is 0 Å². The third kappa shape index (κ3) is 6.92. The fourth-order valence-corrected chi connectivity index (χ4v) is 4.43. The summed E-state index contributed by atoms with van der Waals surface area (Å²) in [5, 5.41) is 21.1. The fourth-order valence-electron chi connectivity index (χ4n) is 4.43. The maximum Gasteiger partial charge on any atom is 0.274 e. The molecule has 2 heterocycles. The minimum atomic E-state index is -0.561. The number of aryl methyl sites for hydroxylation is 2. The van der Waals surface area contributed by atoms with Crippen LogP contribution in [0.15, 0.2) is 77.6 Å². The number of nitrogens with one attached hydrogen (secondary N) is 2. The Balaban J connectivity index is 0.000000324. The largest absolute Gasteiger partial charge is 0.382 e. The highest BCUT2D eigenvalue weighted by atomic mass is 16.5. The molecule has 0 saturated carbocycles. The number of rotatable bonds is 7. The van der Waals surface area contributed by atoms with Crippen LogP contribution < -0.4 is 27.8 Å². The van der Waals surface area contributed by atoms with Gasteiger partial charge in [0, 0.05) is 24.2 Å². The van der Waals surface area contributed by atoms with Crippen molar-refractivity contribution in [3.8, 4) is 11.8 Å². The number of hydrogen-bond acceptors (Lipinski definition) is 10. The summed E-state index contributed by atoms with van der Waals surface area (Å²) < 4.78 is 1.69. The number of nitrogen functional groups attached to an aromatic ring is 2. The van der Waals surface area contributed by atoms with E-state index in [-0.39, 0.29) is 22.8 Å². The highest BCUT2D eigenvalue weighted by Crippen LogP contribution is 2.22. The fraction of sp³-hybridized carbons (Fsp3) is 0.161. The summed E-state index contributed by atoms with van der Waals surface area (Å²) in [6, 6.07) is 23.8. The first-order valence-corrected chi connectivity index (χ1v) is 13.4. The summed E-state index contributed by atoms with van der Waals surface area (Å²) in [4.78, 5) is 37.5. The van der Waals surface area contributed by atoms with E-state index in [0.717, 1.165) is 23.5 Å². The molecule has 2 aromatic heterocycles. The second kappa shape index (κ2) is 13.7. The molecule has 0 unspecified atom stereocenters. The molecule has 7 N–H and O–H groups in total. The molecule has 12 nitrogen and oxygen atoms in total. The van der Waals surface area contributed by atoms with Gasteiger partial charge in [0.15, 0.2) is 0 Å². The number of nitriles is 1. The number of hydrogen-bond donors (Lipinski definition) is 5. The smallest absolute Gasteiger partial charge is 0.274 e. The number of para-hydroxylation sites is 1. The van der Waals surface area contributed by atoms with Gasteiger partial charge in [-0.2, -0.15) is 5.26 Å². The van der Waals surface area contributed by atoms with Crippen molar-refractivity contribution >= 4 is 34.1 Å². The van der Waals surface area contributed by atoms with Gasteiger partial charge in [-0.1, -0.05) is 43.3 Å². The SMILES string of the molecule is CCCc1nc2cccc(NCc3ccc(C(=O)NO)cc3)c2c(=O)n1-c1ccccc1.Cc1nc(N)c(C#N)c(N)n1. The van der Waals surface area contributed by atoms with E-state index < -0.39 is 5.91 Å². The lowest BCUT2D eigenvalue weighted by Gasteiger charge is -2.15. The molecule has 0 atom stereocenters. The summed E-state index contributed by atoms with van der Waals surface area (Å²) in [5.41, 5.74) is 15.9. The predicted octanol–water partition coefficient (Wildman–Crippen LogP) is 3.89. The molecule has 0 saturated heterocycles. The lowest BCUT2D eigenvalue weighted by Crippen LogP contribution is -2.24. The molecule has 43 heavy (non-hydrogen) atoms. The first-order valence-electron chi connectivity index (χ1n) is 13.4. The molecule has 218 valence electrons. The number of benzene rings is 3. The summed E-state index contributed by atoms with van der Waals surface area (Å²) in [7, 11) is 0. The maximum atomic E-state index is 13.6. The zero-order chi connectivity index (χ0) is 30.9. The van der Waals surface area contributed by atoms with Crippen LogP contribution in [0.2, 0.25) is 0 Å². The van der Waals surface area contributed by atoms with Gasteiger partial charge in [0.25, 0.3) is 11.5 Å². The Morgan fingerprint density at radius 1 is 0.977 bits per heavy atom. The van der Waals surface area contributed by atoms with E-state index in [1.54, 1.807) is 41.2 Å². The van der Waals surface area contributed by atoms with Crippen molar-refractivity contribution in [3.63, 3.8) is 0 Å². The Kier molecular flexibility index (Phi) is 9.62. The van der Waals surface area contributed by atoms with Gasteiger partial charge in [-0.15, -0.1) is 0 Å². The average Bonchev–Trinajstić information content (AvgIpc) is 3.00. The number of aromatic nitrogens is 4. The number of carbonyl (C=O) groups excluding carboxylic acids is 1. The number of nitrogens with two attached hydrogens (primary N) is 2. The Morgan fingerprint density at radius 3 is 2.26 bits per heavy atom. The summed E-state index contributed by atoms with van der Waals surface area (Å²) >= 11 is 0. The van der Waals surface area contributed by atoms with E-state index in [2.05, 4.69) is 22.2 Å². The van der Waals surface area contributed by atoms with E-state index in [0.29, 0.717) is 40.9 Å². The molecule has 3 aromatic carbocycles. The lowest BCUT2D eigenvalue weighted by atomic mass is 10.1. The van der Waals surface area contributed by atoms with Crippen LogP contribution >= 0.6 is 0 Å². The third-order valence-electron chi connectivity index (χ3n) is 6.44. The van der Waals surface area contributed by atoms with Crippen molar-refractivity contribution in [1.82, 2.24) is 25.0 Å². The van der Waals surface area contributed by atoms with Crippen LogP contribution in [-0.2, 0) is 13.0 Å². The number of carbonyl (C=O) groups is 1. The number of fused-ring (bicyclic) bond motifs is 1. The van der Waals surface area contributed by atoms with E-state index in [1.807, 2.05) is 54.6 Å². The van der Waals surface area contributed by atoms with E-state index >= 15 is 0 Å². The van der Waals surface area contributed by atoms with Crippen LogP contribution in [0.3, 0.4) is 0 Å². The molecule has 0 aliphatic carbocycles. The summed E-state index contributed by atoms with van der Waals surface area (Å²) in [6.45, 7) is 4.19. The zero-order valence-corrected chi connectivity index (χ0v) is 23.7. The van der Waals surface area contributed by atoms with Crippen molar-refractivity contribution in [2.75, 3.05) is 16.8 Å². The Hall–Kier alpha value is -5.80. The first kappa shape index (κ1) is 30.2. The number of nitrogens with zero attached hydrogens (tertiary/aromatic N) is 5. The van der Waals surface area contributed by atoms with Gasteiger partial charge in [0.05, 0.1) is 16.6 Å². The van der Waals surface area contributed by atoms with Crippen LogP contribution in [0.5, 0.6) is 0 Å². The Bertz CT molecular complexity index is 1830. The predicted molar refractivity (Wildman–Crippen MR) is 165 cm³/mol. The molecule has 0 radical (unpaired) electrons. The minimum absolute atomic E-state index is 0.109. The molecule has 5 aromatic rings. The van der Waals surface area contributed by atoms with E-state index in [4.69, 9.17) is 26.9 Å². The standard InChI is InChI=1S/C25H24N4O3.C6H7N5/c1-2-7-22-27-21-11-6-10-20(23(21)25(31)29(22)19-8-4-3-5-9-19)26-16-17-12-14-18(15-13-17)24(30)28-32;1-3-10-5(8)4(2-7)6(9)11-3/h3-6,8-15,26,32H,2,7,16H2,1H3,(H,28,30);1H3,(H4,8,9,10,11). The van der Waals surface area contributed by atoms with Crippen molar-refractivity contribution in [2.45, 2.75) is 33.2 Å². The third-order valence-corrected chi connectivity index (χ3v) is 6.44. The van der Waals surface area contributed by atoms with Crippen LogP contribution in [0.4, 0.5) is 17.3 Å². The molecule has 0 aliphatic heterocycles. The van der Waals surface area contributed by atoms with Crippen molar-refractivity contribution in [1.29, 1.82) is 5.26 Å². The highest BCUT2D eigenvalue weighted by molar-refractivity contribution is 5.93. The maximum absolute atomic E-state index is 13.6. The van der Waals surface area contributed by atoms with Gasteiger partial charge < -0.3 is 16.8 Å². The molecule has 0 spiro atoms. The molecular formula is C31H31N9O3. The quantitative estimate of drug-likeness (QED) is 0.140. The van der Waals surface area contributed by atoms with Crippen molar-refractivity contribution < 1.29 is 10.0 Å². The number of anilines is 3. The van der Waals surface area contributed by atoms with Crippen LogP contribution in [-0.4, -0.2) is 30.6 Å². The summed E-state index contributed by atoms with van der Waals surface area (Å²) in [5.74, 6) is 0.925. The lowest BCUT2D eigenvalue weighted by molar-refractivity contribution is 0.0706. The topological polar surface area (TPSA) is 198 Å². The van der Waals surface area contributed by atoms with E-state index in [9.17, 15) is 9.59 Å².